The van der Waals surface area contributed by atoms with Crippen molar-refractivity contribution in [1.82, 2.24) is 0 Å². The molecule has 2 fully saturated rings. The van der Waals surface area contributed by atoms with E-state index in [-0.39, 0.29) is 11.5 Å². The predicted molar refractivity (Wildman–Crippen MR) is 74.5 cm³/mol. The molecule has 0 heterocycles. The Morgan fingerprint density at radius 3 is 2.00 bits per heavy atom. The largest absolute Gasteiger partial charge is 0.392 e. The van der Waals surface area contributed by atoms with Crippen LogP contribution >= 0.6 is 0 Å². The summed E-state index contributed by atoms with van der Waals surface area (Å²) in [4.78, 5) is 0. The molecule has 0 bridgehead atoms. The molecule has 0 spiro atoms. The van der Waals surface area contributed by atoms with Crippen LogP contribution in [-0.4, -0.2) is 23.4 Å². The predicted octanol–water partition coefficient (Wildman–Crippen LogP) is 3.77. The highest BCUT2D eigenvalue weighted by Crippen LogP contribution is 2.50. The van der Waals surface area contributed by atoms with Crippen LogP contribution in [0.15, 0.2) is 0 Å². The number of aliphatic hydroxyl groups is 1. The van der Waals surface area contributed by atoms with Gasteiger partial charge in [-0.25, -0.2) is 0 Å². The minimum absolute atomic E-state index is 0.0456. The number of rotatable bonds is 4. The molecule has 2 saturated carbocycles. The molecule has 2 heteroatoms. The molecule has 4 atom stereocenters. The van der Waals surface area contributed by atoms with Gasteiger partial charge in [0.05, 0.1) is 18.3 Å². The van der Waals surface area contributed by atoms with Gasteiger partial charge in [0.2, 0.25) is 0 Å². The number of aliphatic hydroxyl groups excluding tert-OH is 1. The number of ether oxygens (including phenoxy) is 1. The van der Waals surface area contributed by atoms with E-state index in [4.69, 9.17) is 4.74 Å². The van der Waals surface area contributed by atoms with Crippen LogP contribution in [0.3, 0.4) is 0 Å². The summed E-state index contributed by atoms with van der Waals surface area (Å²) in [5.41, 5.74) is 0.0456. The second kappa shape index (κ2) is 5.50. The molecular weight excluding hydrogens is 224 g/mol. The lowest BCUT2D eigenvalue weighted by Crippen LogP contribution is -2.58. The average molecular weight is 254 g/mol. The first-order valence-electron chi connectivity index (χ1n) is 7.85. The van der Waals surface area contributed by atoms with Crippen molar-refractivity contribution in [2.45, 2.75) is 84.5 Å². The highest BCUT2D eigenvalue weighted by atomic mass is 16.5. The zero-order valence-electron chi connectivity index (χ0n) is 12.5. The molecule has 2 rings (SSSR count). The molecule has 0 aliphatic heterocycles. The Bertz CT molecular complexity index is 262. The Morgan fingerprint density at radius 1 is 1.00 bits per heavy atom. The molecule has 0 radical (unpaired) electrons. The standard InChI is InChI=1S/C16H30O2/c1-5-16(6-2)14(17)10-15(16)18-13-8-11(3)7-12(4)9-13/h11-15,17H,5-10H2,1-4H3. The van der Waals surface area contributed by atoms with Crippen molar-refractivity contribution in [3.8, 4) is 0 Å². The molecule has 1 N–H and O–H groups in total. The quantitative estimate of drug-likeness (QED) is 0.827. The molecule has 0 saturated heterocycles. The SMILES string of the molecule is CCC1(CC)C(O)CC1OC1CC(C)CC(C)C1. The van der Waals surface area contributed by atoms with Crippen molar-refractivity contribution in [2.75, 3.05) is 0 Å². The van der Waals surface area contributed by atoms with E-state index >= 15 is 0 Å². The summed E-state index contributed by atoms with van der Waals surface area (Å²) in [6.07, 6.45) is 7.27. The van der Waals surface area contributed by atoms with E-state index in [1.165, 1.54) is 19.3 Å². The molecule has 0 aromatic heterocycles. The third-order valence-corrected chi connectivity index (χ3v) is 5.55. The highest BCUT2D eigenvalue weighted by molar-refractivity contribution is 5.03. The fourth-order valence-electron chi connectivity index (χ4n) is 4.31. The van der Waals surface area contributed by atoms with Crippen molar-refractivity contribution < 1.29 is 9.84 Å². The van der Waals surface area contributed by atoms with Crippen LogP contribution < -0.4 is 0 Å². The monoisotopic (exact) mass is 254 g/mol. The van der Waals surface area contributed by atoms with E-state index < -0.39 is 0 Å². The summed E-state index contributed by atoms with van der Waals surface area (Å²) in [6, 6.07) is 0. The molecule has 2 aliphatic rings. The van der Waals surface area contributed by atoms with Gasteiger partial charge in [-0.15, -0.1) is 0 Å². The van der Waals surface area contributed by atoms with Crippen LogP contribution in [0, 0.1) is 17.3 Å². The second-order valence-corrected chi connectivity index (χ2v) is 6.86. The van der Waals surface area contributed by atoms with Crippen LogP contribution in [0.4, 0.5) is 0 Å². The summed E-state index contributed by atoms with van der Waals surface area (Å²) >= 11 is 0. The molecule has 0 aromatic carbocycles. The zero-order chi connectivity index (χ0) is 13.3. The Morgan fingerprint density at radius 2 is 1.56 bits per heavy atom. The maximum absolute atomic E-state index is 10.1. The molecular formula is C16H30O2. The Hall–Kier alpha value is -0.0800. The van der Waals surface area contributed by atoms with Crippen LogP contribution in [0.25, 0.3) is 0 Å². The van der Waals surface area contributed by atoms with Gasteiger partial charge < -0.3 is 9.84 Å². The summed E-state index contributed by atoms with van der Waals surface area (Å²) in [5.74, 6) is 1.59. The third kappa shape index (κ3) is 2.46. The maximum Gasteiger partial charge on any atom is 0.0684 e. The first-order valence-corrected chi connectivity index (χ1v) is 7.85. The fourth-order valence-corrected chi connectivity index (χ4v) is 4.31. The molecule has 106 valence electrons. The smallest absolute Gasteiger partial charge is 0.0684 e. The van der Waals surface area contributed by atoms with Crippen molar-refractivity contribution in [2.24, 2.45) is 17.3 Å². The third-order valence-electron chi connectivity index (χ3n) is 5.55. The van der Waals surface area contributed by atoms with E-state index in [2.05, 4.69) is 27.7 Å². The van der Waals surface area contributed by atoms with Crippen molar-refractivity contribution in [3.63, 3.8) is 0 Å². The van der Waals surface area contributed by atoms with Crippen LogP contribution in [-0.2, 0) is 4.74 Å². The van der Waals surface area contributed by atoms with Gasteiger partial charge in [0.25, 0.3) is 0 Å². The lowest BCUT2D eigenvalue weighted by atomic mass is 9.60. The summed E-state index contributed by atoms with van der Waals surface area (Å²) in [5, 5.41) is 10.1. The molecule has 4 unspecified atom stereocenters. The molecule has 18 heavy (non-hydrogen) atoms. The topological polar surface area (TPSA) is 29.5 Å². The number of hydrogen-bond acceptors (Lipinski definition) is 2. The molecule has 2 nitrogen and oxygen atoms in total. The first-order chi connectivity index (χ1) is 8.51. The molecule has 0 amide bonds. The van der Waals surface area contributed by atoms with Gasteiger partial charge in [-0.05, 0) is 43.9 Å². The van der Waals surface area contributed by atoms with Gasteiger partial charge in [-0.3, -0.25) is 0 Å². The van der Waals surface area contributed by atoms with E-state index in [1.807, 2.05) is 0 Å². The Kier molecular flexibility index (Phi) is 4.38. The van der Waals surface area contributed by atoms with Gasteiger partial charge in [0, 0.05) is 11.8 Å². The normalized spacial score (nSPS) is 43.5. The summed E-state index contributed by atoms with van der Waals surface area (Å²) in [7, 11) is 0. The van der Waals surface area contributed by atoms with E-state index in [1.54, 1.807) is 0 Å². The van der Waals surface area contributed by atoms with Gasteiger partial charge >= 0.3 is 0 Å². The van der Waals surface area contributed by atoms with E-state index in [0.29, 0.717) is 12.2 Å². The maximum atomic E-state index is 10.1. The van der Waals surface area contributed by atoms with Gasteiger partial charge in [-0.2, -0.15) is 0 Å². The minimum Gasteiger partial charge on any atom is -0.392 e. The van der Waals surface area contributed by atoms with Crippen LogP contribution in [0.2, 0.25) is 0 Å². The van der Waals surface area contributed by atoms with E-state index in [0.717, 1.165) is 31.1 Å². The lowest BCUT2D eigenvalue weighted by Gasteiger charge is -2.54. The first kappa shape index (κ1) is 14.3. The lowest BCUT2D eigenvalue weighted by molar-refractivity contribution is -0.220. The highest BCUT2D eigenvalue weighted by Gasteiger charge is 2.53. The fraction of sp³-hybridized carbons (Fsp3) is 1.00. The van der Waals surface area contributed by atoms with Crippen LogP contribution in [0.1, 0.15) is 66.2 Å². The van der Waals surface area contributed by atoms with E-state index in [9.17, 15) is 5.11 Å². The van der Waals surface area contributed by atoms with Crippen LogP contribution in [0.5, 0.6) is 0 Å². The summed E-state index contributed by atoms with van der Waals surface area (Å²) < 4.78 is 6.38. The minimum atomic E-state index is -0.143. The van der Waals surface area contributed by atoms with Gasteiger partial charge in [-0.1, -0.05) is 27.7 Å². The van der Waals surface area contributed by atoms with Crippen molar-refractivity contribution >= 4 is 0 Å². The van der Waals surface area contributed by atoms with Crippen molar-refractivity contribution in [3.05, 3.63) is 0 Å². The Balaban J connectivity index is 1.93. The molecule has 2 aliphatic carbocycles. The average Bonchev–Trinajstić information content (AvgIpc) is 2.29. The number of hydrogen-bond donors (Lipinski definition) is 1. The Labute approximate surface area is 112 Å². The zero-order valence-corrected chi connectivity index (χ0v) is 12.5. The molecule has 0 aromatic rings. The van der Waals surface area contributed by atoms with Crippen molar-refractivity contribution in [1.29, 1.82) is 0 Å². The summed E-state index contributed by atoms with van der Waals surface area (Å²) in [6.45, 7) is 9.06. The van der Waals surface area contributed by atoms with Gasteiger partial charge in [0.1, 0.15) is 0 Å². The van der Waals surface area contributed by atoms with Gasteiger partial charge in [0.15, 0.2) is 0 Å². The second-order valence-electron chi connectivity index (χ2n) is 6.86.